The lowest BCUT2D eigenvalue weighted by Gasteiger charge is -2.10. The van der Waals surface area contributed by atoms with Crippen LogP contribution in [0.1, 0.15) is 79.0 Å². The molecular weight excluding hydrogens is 675 g/mol. The van der Waals surface area contributed by atoms with Gasteiger partial charge in [-0.05, 0) is 121 Å². The van der Waals surface area contributed by atoms with Gasteiger partial charge in [0.15, 0.2) is 0 Å². The van der Waals surface area contributed by atoms with E-state index in [0.29, 0.717) is 51.8 Å². The Hall–Kier alpha value is -3.86. The van der Waals surface area contributed by atoms with Gasteiger partial charge in [0, 0.05) is 6.08 Å². The molecule has 0 atom stereocenters. The van der Waals surface area contributed by atoms with Gasteiger partial charge in [0.05, 0.1) is 34.5 Å². The Labute approximate surface area is 272 Å². The minimum Gasteiger partial charge on any atom is -0.494 e. The van der Waals surface area contributed by atoms with Gasteiger partial charge in [0.2, 0.25) is 0 Å². The monoisotopic (exact) mass is 714 g/mol. The van der Waals surface area contributed by atoms with E-state index in [2.05, 4.69) is 13.5 Å². The maximum absolute atomic E-state index is 12.7. The zero-order valence-electron chi connectivity index (χ0n) is 25.1. The standard InChI is InChI=1S/C35H39IO8/c1-3-5-6-9-22-40-28-16-12-26(13-17-28)34(38)43-30-20-21-32(31(36)25-30)44-35(39)27-14-18-29(19-15-27)41-23-10-7-8-11-24-42-33(37)4-2/h4,12-21,25H,2-3,5-11,22-24H2,1H3. The molecule has 0 N–H and O–H groups in total. The van der Waals surface area contributed by atoms with Crippen LogP contribution >= 0.6 is 22.6 Å². The van der Waals surface area contributed by atoms with Crippen LogP contribution in [0.4, 0.5) is 0 Å². The van der Waals surface area contributed by atoms with Crippen molar-refractivity contribution in [2.45, 2.75) is 58.3 Å². The molecule has 0 saturated heterocycles. The second-order valence-corrected chi connectivity index (χ2v) is 11.1. The van der Waals surface area contributed by atoms with Crippen LogP contribution in [0.15, 0.2) is 79.4 Å². The Bertz CT molecular complexity index is 1350. The fourth-order valence-electron chi connectivity index (χ4n) is 4.03. The van der Waals surface area contributed by atoms with Gasteiger partial charge in [-0.1, -0.05) is 32.8 Å². The first-order valence-electron chi connectivity index (χ1n) is 14.9. The van der Waals surface area contributed by atoms with Crippen LogP contribution in [0.2, 0.25) is 0 Å². The van der Waals surface area contributed by atoms with Gasteiger partial charge in [-0.25, -0.2) is 14.4 Å². The number of halogens is 1. The Morgan fingerprint density at radius 2 is 1.16 bits per heavy atom. The fraction of sp³-hybridized carbons (Fsp3) is 0.343. The first kappa shape index (κ1) is 34.6. The molecule has 0 saturated carbocycles. The Balaban J connectivity index is 1.40. The molecule has 0 radical (unpaired) electrons. The number of benzene rings is 3. The molecule has 3 rings (SSSR count). The van der Waals surface area contributed by atoms with Crippen molar-refractivity contribution in [1.82, 2.24) is 0 Å². The van der Waals surface area contributed by atoms with Crippen molar-refractivity contribution in [1.29, 1.82) is 0 Å². The Kier molecular flexibility index (Phi) is 15.3. The highest BCUT2D eigenvalue weighted by Crippen LogP contribution is 2.27. The van der Waals surface area contributed by atoms with E-state index in [1.807, 2.05) is 22.6 Å². The van der Waals surface area contributed by atoms with Gasteiger partial charge >= 0.3 is 17.9 Å². The highest BCUT2D eigenvalue weighted by molar-refractivity contribution is 14.1. The van der Waals surface area contributed by atoms with Crippen LogP contribution in [-0.4, -0.2) is 37.7 Å². The van der Waals surface area contributed by atoms with Gasteiger partial charge < -0.3 is 23.7 Å². The van der Waals surface area contributed by atoms with Crippen LogP contribution in [0.3, 0.4) is 0 Å². The molecule has 0 heterocycles. The van der Waals surface area contributed by atoms with Gasteiger partial charge in [-0.15, -0.1) is 0 Å². The van der Waals surface area contributed by atoms with E-state index in [1.54, 1.807) is 66.7 Å². The van der Waals surface area contributed by atoms with E-state index in [9.17, 15) is 14.4 Å². The molecule has 8 nitrogen and oxygen atoms in total. The highest BCUT2D eigenvalue weighted by Gasteiger charge is 2.14. The number of ether oxygens (including phenoxy) is 5. The molecule has 0 amide bonds. The number of carbonyl (C=O) groups is 3. The van der Waals surface area contributed by atoms with E-state index in [4.69, 9.17) is 23.7 Å². The van der Waals surface area contributed by atoms with Crippen molar-refractivity contribution in [3.05, 3.63) is 94.1 Å². The number of carbonyl (C=O) groups excluding carboxylic acids is 3. The molecule has 234 valence electrons. The zero-order valence-corrected chi connectivity index (χ0v) is 27.2. The summed E-state index contributed by atoms with van der Waals surface area (Å²) in [5, 5.41) is 0. The second-order valence-electron chi connectivity index (χ2n) is 9.96. The molecule has 0 fully saturated rings. The summed E-state index contributed by atoms with van der Waals surface area (Å²) in [5.74, 6) is 0.673. The summed E-state index contributed by atoms with van der Waals surface area (Å²) >= 11 is 2.03. The maximum Gasteiger partial charge on any atom is 0.343 e. The van der Waals surface area contributed by atoms with Crippen LogP contribution in [0.5, 0.6) is 23.0 Å². The average molecular weight is 715 g/mol. The van der Waals surface area contributed by atoms with E-state index in [1.165, 1.54) is 12.8 Å². The van der Waals surface area contributed by atoms with Gasteiger partial charge in [-0.3, -0.25) is 0 Å². The largest absolute Gasteiger partial charge is 0.494 e. The van der Waals surface area contributed by atoms with Gasteiger partial charge in [0.25, 0.3) is 0 Å². The van der Waals surface area contributed by atoms with E-state index in [0.717, 1.165) is 50.4 Å². The van der Waals surface area contributed by atoms with E-state index < -0.39 is 17.9 Å². The van der Waals surface area contributed by atoms with E-state index in [-0.39, 0.29) is 0 Å². The third-order valence-corrected chi connectivity index (χ3v) is 7.32. The van der Waals surface area contributed by atoms with Gasteiger partial charge in [-0.2, -0.15) is 0 Å². The molecule has 0 aliphatic heterocycles. The van der Waals surface area contributed by atoms with Crippen molar-refractivity contribution in [2.24, 2.45) is 0 Å². The summed E-state index contributed by atoms with van der Waals surface area (Å²) in [6, 6.07) is 18.5. The van der Waals surface area contributed by atoms with E-state index >= 15 is 0 Å². The second kappa shape index (κ2) is 19.4. The fourth-order valence-corrected chi connectivity index (χ4v) is 4.62. The van der Waals surface area contributed by atoms with Crippen LogP contribution in [-0.2, 0) is 9.53 Å². The van der Waals surface area contributed by atoms with Crippen molar-refractivity contribution < 1.29 is 38.1 Å². The molecule has 0 unspecified atom stereocenters. The zero-order chi connectivity index (χ0) is 31.6. The van der Waals surface area contributed by atoms with Crippen LogP contribution < -0.4 is 18.9 Å². The molecule has 9 heteroatoms. The quantitative estimate of drug-likeness (QED) is 0.0402. The van der Waals surface area contributed by atoms with Crippen molar-refractivity contribution >= 4 is 40.5 Å². The van der Waals surface area contributed by atoms with Crippen molar-refractivity contribution in [3.63, 3.8) is 0 Å². The molecule has 0 aliphatic carbocycles. The minimum atomic E-state index is -0.510. The summed E-state index contributed by atoms with van der Waals surface area (Å²) in [7, 11) is 0. The summed E-state index contributed by atoms with van der Waals surface area (Å²) in [6.07, 6.45) is 9.23. The highest BCUT2D eigenvalue weighted by atomic mass is 127. The molecule has 0 aromatic heterocycles. The normalized spacial score (nSPS) is 10.5. The molecule has 0 aliphatic rings. The van der Waals surface area contributed by atoms with Crippen LogP contribution in [0, 0.1) is 3.57 Å². The summed E-state index contributed by atoms with van der Waals surface area (Å²) in [4.78, 5) is 36.3. The smallest absolute Gasteiger partial charge is 0.343 e. The average Bonchev–Trinajstić information content (AvgIpc) is 3.03. The van der Waals surface area contributed by atoms with Crippen molar-refractivity contribution in [3.8, 4) is 23.0 Å². The Morgan fingerprint density at radius 1 is 0.659 bits per heavy atom. The third kappa shape index (κ3) is 12.4. The molecular formula is C35H39IO8. The summed E-state index contributed by atoms with van der Waals surface area (Å²) in [6.45, 7) is 7.13. The maximum atomic E-state index is 12.7. The first-order chi connectivity index (χ1) is 21.4. The predicted octanol–water partition coefficient (Wildman–Crippen LogP) is 8.36. The molecule has 3 aromatic rings. The number of unbranched alkanes of at least 4 members (excludes halogenated alkanes) is 6. The predicted molar refractivity (Wildman–Crippen MR) is 177 cm³/mol. The number of hydrogen-bond donors (Lipinski definition) is 0. The molecule has 0 bridgehead atoms. The van der Waals surface area contributed by atoms with Gasteiger partial charge in [0.1, 0.15) is 23.0 Å². The summed E-state index contributed by atoms with van der Waals surface area (Å²) in [5.41, 5.74) is 0.788. The van der Waals surface area contributed by atoms with Crippen LogP contribution in [0.25, 0.3) is 0 Å². The SMILES string of the molecule is C=CC(=O)OCCCCCCOc1ccc(C(=O)Oc2ccc(OC(=O)c3ccc(OCCCCCC)cc3)cc2I)cc1. The Morgan fingerprint density at radius 3 is 1.68 bits per heavy atom. The lowest BCUT2D eigenvalue weighted by Crippen LogP contribution is -2.11. The molecule has 3 aromatic carbocycles. The molecule has 44 heavy (non-hydrogen) atoms. The number of rotatable bonds is 19. The minimum absolute atomic E-state index is 0.341. The third-order valence-electron chi connectivity index (χ3n) is 6.48. The van der Waals surface area contributed by atoms with Crippen molar-refractivity contribution in [2.75, 3.05) is 19.8 Å². The summed E-state index contributed by atoms with van der Waals surface area (Å²) < 4.78 is 28.1. The first-order valence-corrected chi connectivity index (χ1v) is 16.0. The topological polar surface area (TPSA) is 97.4 Å². The number of hydrogen-bond acceptors (Lipinski definition) is 8. The number of esters is 3. The molecule has 0 spiro atoms. The lowest BCUT2D eigenvalue weighted by atomic mass is 10.2. The lowest BCUT2D eigenvalue weighted by molar-refractivity contribution is -0.137.